The quantitative estimate of drug-likeness (QED) is 0.427. The average Bonchev–Trinajstić information content (AvgIpc) is 2.83. The number of carbonyl (C=O) groups is 2. The fraction of sp³-hybridized carbons (Fsp3) is 0.120. The van der Waals surface area contributed by atoms with E-state index in [1.54, 1.807) is 74.8 Å². The number of aromatic nitrogens is 2. The number of nitrogens with one attached hydrogen (secondary N) is 3. The first-order valence-corrected chi connectivity index (χ1v) is 10.5. The molecule has 0 aliphatic carbocycles. The highest BCUT2D eigenvalue weighted by Crippen LogP contribution is 2.13. The number of urea groups is 1. The van der Waals surface area contributed by atoms with Gasteiger partial charge in [-0.25, -0.2) is 14.2 Å². The van der Waals surface area contributed by atoms with Crippen molar-refractivity contribution in [3.05, 3.63) is 105 Å². The van der Waals surface area contributed by atoms with Gasteiger partial charge in [0.15, 0.2) is 0 Å². The van der Waals surface area contributed by atoms with E-state index < -0.39 is 11.2 Å². The van der Waals surface area contributed by atoms with Crippen molar-refractivity contribution in [2.45, 2.75) is 6.54 Å². The summed E-state index contributed by atoms with van der Waals surface area (Å²) in [5, 5.41) is 5.86. The molecule has 3 amide bonds. The smallest absolute Gasteiger partial charge is 0.333 e. The molecule has 0 saturated carbocycles. The summed E-state index contributed by atoms with van der Waals surface area (Å²) in [5.41, 5.74) is 1.51. The van der Waals surface area contributed by atoms with E-state index in [4.69, 9.17) is 0 Å². The summed E-state index contributed by atoms with van der Waals surface area (Å²) < 4.78 is 1.06. The maximum atomic E-state index is 12.9. The number of carbonyl (C=O) groups excluding carboxylic acids is 2. The highest BCUT2D eigenvalue weighted by atomic mass is 16.2. The Morgan fingerprint density at radius 1 is 0.941 bits per heavy atom. The minimum atomic E-state index is -0.581. The lowest BCUT2D eigenvalue weighted by atomic mass is 10.1. The summed E-state index contributed by atoms with van der Waals surface area (Å²) in [7, 11) is 3.31. The number of H-pyrrole nitrogens is 1. The van der Waals surface area contributed by atoms with Crippen LogP contribution in [0.1, 0.15) is 15.9 Å². The molecule has 172 valence electrons. The number of benzene rings is 3. The van der Waals surface area contributed by atoms with Crippen LogP contribution in [0.2, 0.25) is 0 Å². The molecule has 3 N–H and O–H groups in total. The number of hydrogen-bond donors (Lipinski definition) is 3. The van der Waals surface area contributed by atoms with Gasteiger partial charge in [0.1, 0.15) is 0 Å². The molecule has 0 bridgehead atoms. The summed E-state index contributed by atoms with van der Waals surface area (Å²) >= 11 is 0. The fourth-order valence-corrected chi connectivity index (χ4v) is 3.40. The minimum absolute atomic E-state index is 0.231. The zero-order chi connectivity index (χ0) is 24.2. The van der Waals surface area contributed by atoms with Crippen LogP contribution in [0.5, 0.6) is 0 Å². The first-order chi connectivity index (χ1) is 16.3. The lowest BCUT2D eigenvalue weighted by Crippen LogP contribution is -2.33. The Morgan fingerprint density at radius 3 is 2.32 bits per heavy atom. The molecule has 4 rings (SSSR count). The van der Waals surface area contributed by atoms with Gasteiger partial charge in [-0.3, -0.25) is 9.59 Å². The molecule has 9 nitrogen and oxygen atoms in total. The van der Waals surface area contributed by atoms with Gasteiger partial charge in [0, 0.05) is 31.9 Å². The van der Waals surface area contributed by atoms with E-state index >= 15 is 0 Å². The Bertz CT molecular complexity index is 1470. The molecule has 1 heterocycles. The van der Waals surface area contributed by atoms with E-state index in [9.17, 15) is 19.2 Å². The second kappa shape index (κ2) is 9.45. The highest BCUT2D eigenvalue weighted by Gasteiger charge is 2.12. The maximum Gasteiger partial charge on any atom is 0.333 e. The molecule has 34 heavy (non-hydrogen) atoms. The molecule has 0 saturated heterocycles. The number of para-hydroxylation sites is 1. The topological polar surface area (TPSA) is 116 Å². The largest absolute Gasteiger partial charge is 0.348 e. The van der Waals surface area contributed by atoms with E-state index in [2.05, 4.69) is 15.6 Å². The molecule has 0 unspecified atom stereocenters. The first kappa shape index (κ1) is 22.5. The summed E-state index contributed by atoms with van der Waals surface area (Å²) in [4.78, 5) is 53.9. The molecule has 0 fully saturated rings. The number of amides is 3. The maximum absolute atomic E-state index is 12.9. The van der Waals surface area contributed by atoms with Crippen molar-refractivity contribution in [2.24, 2.45) is 0 Å². The summed E-state index contributed by atoms with van der Waals surface area (Å²) in [5.74, 6) is -0.347. The van der Waals surface area contributed by atoms with Crippen molar-refractivity contribution in [2.75, 3.05) is 19.4 Å². The summed E-state index contributed by atoms with van der Waals surface area (Å²) in [6, 6.07) is 20.1. The molecule has 0 spiro atoms. The Kier molecular flexibility index (Phi) is 6.26. The standard InChI is InChI=1S/C25H23N5O4/c1-29(2)24(33)27-18-11-8-16(9-12-18)15-26-22(31)17-10-13-20-21(14-17)28-25(34)30(23(20)32)19-6-4-3-5-7-19/h3-14H,15H2,1-2H3,(H,26,31)(H,27,33)(H,28,34). The molecular formula is C25H23N5O4. The number of fused-ring (bicyclic) bond motifs is 1. The number of rotatable bonds is 5. The molecule has 9 heteroatoms. The third-order valence-electron chi connectivity index (χ3n) is 5.24. The minimum Gasteiger partial charge on any atom is -0.348 e. The van der Waals surface area contributed by atoms with Crippen LogP contribution in [0.3, 0.4) is 0 Å². The first-order valence-electron chi connectivity index (χ1n) is 10.5. The average molecular weight is 457 g/mol. The van der Waals surface area contributed by atoms with Crippen molar-refractivity contribution >= 4 is 28.5 Å². The van der Waals surface area contributed by atoms with E-state index in [-0.39, 0.29) is 24.0 Å². The molecule has 3 aromatic carbocycles. The Labute approximate surface area is 194 Å². The normalized spacial score (nSPS) is 10.6. The van der Waals surface area contributed by atoms with Crippen LogP contribution in [0.4, 0.5) is 10.5 Å². The van der Waals surface area contributed by atoms with Crippen molar-refractivity contribution in [3.8, 4) is 5.69 Å². The van der Waals surface area contributed by atoms with Crippen LogP contribution in [0.15, 0.2) is 82.4 Å². The van der Waals surface area contributed by atoms with Gasteiger partial charge in [-0.1, -0.05) is 30.3 Å². The predicted molar refractivity (Wildman–Crippen MR) is 130 cm³/mol. The van der Waals surface area contributed by atoms with Gasteiger partial charge in [-0.15, -0.1) is 0 Å². The molecular weight excluding hydrogens is 434 g/mol. The van der Waals surface area contributed by atoms with Crippen LogP contribution < -0.4 is 21.9 Å². The van der Waals surface area contributed by atoms with Crippen molar-refractivity contribution in [3.63, 3.8) is 0 Å². The lowest BCUT2D eigenvalue weighted by molar-refractivity contribution is 0.0951. The molecule has 0 radical (unpaired) electrons. The van der Waals surface area contributed by atoms with Gasteiger partial charge < -0.3 is 20.5 Å². The van der Waals surface area contributed by atoms with Crippen molar-refractivity contribution < 1.29 is 9.59 Å². The monoisotopic (exact) mass is 457 g/mol. The Hall–Kier alpha value is -4.66. The van der Waals surface area contributed by atoms with Crippen LogP contribution in [0.25, 0.3) is 16.6 Å². The molecule has 0 aliphatic heterocycles. The second-order valence-corrected chi connectivity index (χ2v) is 7.87. The Morgan fingerprint density at radius 2 is 1.65 bits per heavy atom. The van der Waals surface area contributed by atoms with E-state index in [1.165, 1.54) is 17.0 Å². The molecule has 0 aliphatic rings. The van der Waals surface area contributed by atoms with Gasteiger partial charge in [-0.2, -0.15) is 0 Å². The SMILES string of the molecule is CN(C)C(=O)Nc1ccc(CNC(=O)c2ccc3c(=O)n(-c4ccccc4)c(=O)[nH]c3c2)cc1. The van der Waals surface area contributed by atoms with E-state index in [1.807, 2.05) is 0 Å². The zero-order valence-corrected chi connectivity index (χ0v) is 18.7. The summed E-state index contributed by atoms with van der Waals surface area (Å²) in [6.45, 7) is 0.269. The van der Waals surface area contributed by atoms with Gasteiger partial charge in [-0.05, 0) is 48.0 Å². The Balaban J connectivity index is 1.50. The van der Waals surface area contributed by atoms with Gasteiger partial charge >= 0.3 is 11.7 Å². The van der Waals surface area contributed by atoms with Crippen molar-refractivity contribution in [1.82, 2.24) is 19.8 Å². The van der Waals surface area contributed by atoms with Gasteiger partial charge in [0.05, 0.1) is 16.6 Å². The fourth-order valence-electron chi connectivity index (χ4n) is 3.40. The second-order valence-electron chi connectivity index (χ2n) is 7.87. The van der Waals surface area contributed by atoms with Crippen LogP contribution >= 0.6 is 0 Å². The number of hydrogen-bond acceptors (Lipinski definition) is 4. The van der Waals surface area contributed by atoms with Crippen LogP contribution in [-0.2, 0) is 6.54 Å². The lowest BCUT2D eigenvalue weighted by Gasteiger charge is -2.12. The van der Waals surface area contributed by atoms with Crippen molar-refractivity contribution in [1.29, 1.82) is 0 Å². The van der Waals surface area contributed by atoms with Gasteiger partial charge in [0.2, 0.25) is 0 Å². The highest BCUT2D eigenvalue weighted by molar-refractivity contribution is 5.97. The number of anilines is 1. The van der Waals surface area contributed by atoms with Crippen LogP contribution in [0, 0.1) is 0 Å². The predicted octanol–water partition coefficient (Wildman–Crippen LogP) is 2.70. The number of aromatic amines is 1. The van der Waals surface area contributed by atoms with Crippen LogP contribution in [-0.4, -0.2) is 40.5 Å². The summed E-state index contributed by atoms with van der Waals surface area (Å²) in [6.07, 6.45) is 0. The van der Waals surface area contributed by atoms with E-state index in [0.29, 0.717) is 22.3 Å². The zero-order valence-electron chi connectivity index (χ0n) is 18.7. The third-order valence-corrected chi connectivity index (χ3v) is 5.24. The molecule has 1 aromatic heterocycles. The molecule has 0 atom stereocenters. The third kappa shape index (κ3) is 4.73. The van der Waals surface area contributed by atoms with Gasteiger partial charge in [0.25, 0.3) is 11.5 Å². The van der Waals surface area contributed by atoms with E-state index in [0.717, 1.165) is 10.1 Å². The molecule has 4 aromatic rings. The number of nitrogens with zero attached hydrogens (tertiary/aromatic N) is 2.